The highest BCUT2D eigenvalue weighted by atomic mass is 32.1. The summed E-state index contributed by atoms with van der Waals surface area (Å²) in [6.07, 6.45) is 3.84. The third-order valence-corrected chi connectivity index (χ3v) is 4.98. The zero-order chi connectivity index (χ0) is 18.0. The standard InChI is InChI=1S/C18H22N2O4S/c1-19-15(9-12-6-7-13(22-2)10-16(12)23-3)17(21)20(18(19)25)11-14-5-4-8-24-14/h6-7,9-10,14H,4-5,8,11H2,1-3H3/b15-9-/t14-/m1/s1. The van der Waals surface area contributed by atoms with Gasteiger partial charge in [0.1, 0.15) is 17.2 Å². The number of carbonyl (C=O) groups is 1. The number of carbonyl (C=O) groups excluding carboxylic acids is 1. The Hall–Kier alpha value is -2.12. The normalized spacial score (nSPS) is 22.2. The number of thiocarbonyl (C=S) groups is 1. The second-order valence-electron chi connectivity index (χ2n) is 6.03. The average molecular weight is 362 g/mol. The van der Waals surface area contributed by atoms with Crippen molar-refractivity contribution in [3.8, 4) is 11.5 Å². The minimum atomic E-state index is -0.110. The molecule has 2 aliphatic rings. The van der Waals surface area contributed by atoms with E-state index in [9.17, 15) is 4.79 Å². The van der Waals surface area contributed by atoms with Crippen LogP contribution in [0.15, 0.2) is 23.9 Å². The van der Waals surface area contributed by atoms with E-state index in [1.54, 1.807) is 43.2 Å². The quantitative estimate of drug-likeness (QED) is 0.592. The van der Waals surface area contributed by atoms with Gasteiger partial charge in [-0.25, -0.2) is 0 Å². The molecule has 1 aromatic carbocycles. The fraction of sp³-hybridized carbons (Fsp3) is 0.444. The van der Waals surface area contributed by atoms with Gasteiger partial charge in [0.2, 0.25) is 0 Å². The molecule has 2 heterocycles. The van der Waals surface area contributed by atoms with Crippen molar-refractivity contribution in [3.05, 3.63) is 29.5 Å². The van der Waals surface area contributed by atoms with Gasteiger partial charge in [0, 0.05) is 25.3 Å². The highest BCUT2D eigenvalue weighted by molar-refractivity contribution is 7.80. The average Bonchev–Trinajstić information content (AvgIpc) is 3.21. The molecule has 2 aliphatic heterocycles. The summed E-state index contributed by atoms with van der Waals surface area (Å²) in [5, 5.41) is 0.499. The predicted octanol–water partition coefficient (Wildman–Crippen LogP) is 2.28. The maximum absolute atomic E-state index is 12.8. The first-order valence-corrected chi connectivity index (χ1v) is 8.61. The van der Waals surface area contributed by atoms with E-state index in [1.165, 1.54) is 0 Å². The molecule has 0 N–H and O–H groups in total. The van der Waals surface area contributed by atoms with Crippen molar-refractivity contribution in [2.24, 2.45) is 0 Å². The minimum Gasteiger partial charge on any atom is -0.497 e. The van der Waals surface area contributed by atoms with Gasteiger partial charge in [0.05, 0.1) is 26.9 Å². The summed E-state index contributed by atoms with van der Waals surface area (Å²) in [5.74, 6) is 1.22. The van der Waals surface area contributed by atoms with Crippen LogP contribution in [-0.4, -0.2) is 61.3 Å². The largest absolute Gasteiger partial charge is 0.497 e. The zero-order valence-corrected chi connectivity index (χ0v) is 15.5. The van der Waals surface area contributed by atoms with Crippen molar-refractivity contribution in [1.29, 1.82) is 0 Å². The van der Waals surface area contributed by atoms with E-state index < -0.39 is 0 Å². The first-order valence-electron chi connectivity index (χ1n) is 8.20. The molecule has 0 aliphatic carbocycles. The van der Waals surface area contributed by atoms with Gasteiger partial charge in [-0.3, -0.25) is 9.69 Å². The Morgan fingerprint density at radius 1 is 1.36 bits per heavy atom. The van der Waals surface area contributed by atoms with Crippen molar-refractivity contribution in [3.63, 3.8) is 0 Å². The Labute approximate surface area is 152 Å². The van der Waals surface area contributed by atoms with Crippen LogP contribution in [0.2, 0.25) is 0 Å². The topological polar surface area (TPSA) is 51.2 Å². The highest BCUT2D eigenvalue weighted by Gasteiger charge is 2.37. The van der Waals surface area contributed by atoms with Gasteiger partial charge in [-0.1, -0.05) is 0 Å². The van der Waals surface area contributed by atoms with Crippen LogP contribution in [-0.2, 0) is 9.53 Å². The van der Waals surface area contributed by atoms with Gasteiger partial charge in [0.25, 0.3) is 5.91 Å². The number of likely N-dealkylation sites (N-methyl/N-ethyl adjacent to an activating group) is 1. The van der Waals surface area contributed by atoms with E-state index in [4.69, 9.17) is 26.4 Å². The first-order chi connectivity index (χ1) is 12.0. The lowest BCUT2D eigenvalue weighted by Gasteiger charge is -2.19. The van der Waals surface area contributed by atoms with Crippen LogP contribution in [0.1, 0.15) is 18.4 Å². The van der Waals surface area contributed by atoms with E-state index in [2.05, 4.69) is 0 Å². The molecule has 0 bridgehead atoms. The van der Waals surface area contributed by atoms with Gasteiger partial charge in [-0.15, -0.1) is 0 Å². The summed E-state index contributed by atoms with van der Waals surface area (Å²) in [4.78, 5) is 16.2. The summed E-state index contributed by atoms with van der Waals surface area (Å²) < 4.78 is 16.3. The Kier molecular flexibility index (Phi) is 5.24. The van der Waals surface area contributed by atoms with Crippen LogP contribution in [0, 0.1) is 0 Å². The Bertz CT molecular complexity index is 713. The Balaban J connectivity index is 1.87. The Morgan fingerprint density at radius 3 is 2.80 bits per heavy atom. The fourth-order valence-electron chi connectivity index (χ4n) is 3.05. The lowest BCUT2D eigenvalue weighted by Crippen LogP contribution is -2.37. The second kappa shape index (κ2) is 7.41. The van der Waals surface area contributed by atoms with Crippen LogP contribution in [0.3, 0.4) is 0 Å². The van der Waals surface area contributed by atoms with Crippen molar-refractivity contribution >= 4 is 29.3 Å². The molecule has 1 amide bonds. The number of rotatable bonds is 5. The maximum Gasteiger partial charge on any atom is 0.276 e. The zero-order valence-electron chi connectivity index (χ0n) is 14.7. The number of nitrogens with zero attached hydrogens (tertiary/aromatic N) is 2. The number of ether oxygens (including phenoxy) is 3. The van der Waals surface area contributed by atoms with Crippen molar-refractivity contribution in [2.45, 2.75) is 18.9 Å². The molecule has 2 fully saturated rings. The fourth-order valence-corrected chi connectivity index (χ4v) is 3.31. The van der Waals surface area contributed by atoms with Crippen LogP contribution in [0.25, 0.3) is 6.08 Å². The molecule has 2 saturated heterocycles. The van der Waals surface area contributed by atoms with Crippen LogP contribution < -0.4 is 9.47 Å². The van der Waals surface area contributed by atoms with Crippen molar-refractivity contribution in [1.82, 2.24) is 9.80 Å². The molecule has 0 spiro atoms. The molecule has 25 heavy (non-hydrogen) atoms. The molecule has 3 rings (SSSR count). The van der Waals surface area contributed by atoms with Crippen LogP contribution in [0.4, 0.5) is 0 Å². The molecular weight excluding hydrogens is 340 g/mol. The molecule has 6 nitrogen and oxygen atoms in total. The summed E-state index contributed by atoms with van der Waals surface area (Å²) in [6, 6.07) is 5.47. The van der Waals surface area contributed by atoms with Crippen molar-refractivity contribution < 1.29 is 19.0 Å². The summed E-state index contributed by atoms with van der Waals surface area (Å²) in [7, 11) is 4.99. The molecule has 1 atom stereocenters. The predicted molar refractivity (Wildman–Crippen MR) is 98.6 cm³/mol. The Morgan fingerprint density at radius 2 is 2.16 bits per heavy atom. The molecule has 134 valence electrons. The number of amides is 1. The van der Waals surface area contributed by atoms with E-state index in [-0.39, 0.29) is 12.0 Å². The lowest BCUT2D eigenvalue weighted by atomic mass is 10.1. The van der Waals surface area contributed by atoms with Gasteiger partial charge >= 0.3 is 0 Å². The first kappa shape index (κ1) is 17.7. The molecule has 1 aromatic rings. The third-order valence-electron chi connectivity index (χ3n) is 4.49. The molecule has 0 aromatic heterocycles. The van der Waals surface area contributed by atoms with Gasteiger partial charge in [0.15, 0.2) is 5.11 Å². The van der Waals surface area contributed by atoms with Gasteiger partial charge in [-0.05, 0) is 43.3 Å². The number of hydrogen-bond acceptors (Lipinski definition) is 5. The highest BCUT2D eigenvalue weighted by Crippen LogP contribution is 2.30. The van der Waals surface area contributed by atoms with E-state index in [1.807, 2.05) is 12.1 Å². The molecule has 0 radical (unpaired) electrons. The second-order valence-corrected chi connectivity index (χ2v) is 6.39. The van der Waals surface area contributed by atoms with E-state index in [0.717, 1.165) is 25.0 Å². The van der Waals surface area contributed by atoms with Crippen molar-refractivity contribution in [2.75, 3.05) is 34.4 Å². The SMILES string of the molecule is COc1ccc(/C=C2/C(=O)N(C[C@H]3CCCO3)C(=S)N2C)c(OC)c1. The number of benzene rings is 1. The minimum absolute atomic E-state index is 0.0603. The van der Waals surface area contributed by atoms with Gasteiger partial charge < -0.3 is 19.1 Å². The van der Waals surface area contributed by atoms with E-state index >= 15 is 0 Å². The number of hydrogen-bond donors (Lipinski definition) is 0. The van der Waals surface area contributed by atoms with Crippen LogP contribution in [0.5, 0.6) is 11.5 Å². The molecule has 0 saturated carbocycles. The molecular formula is C18H22N2O4S. The molecule has 0 unspecified atom stereocenters. The maximum atomic E-state index is 12.8. The van der Waals surface area contributed by atoms with Crippen LogP contribution >= 0.6 is 12.2 Å². The smallest absolute Gasteiger partial charge is 0.276 e. The summed E-state index contributed by atoms with van der Waals surface area (Å²) >= 11 is 5.45. The van der Waals surface area contributed by atoms with Gasteiger partial charge in [-0.2, -0.15) is 0 Å². The summed E-state index contributed by atoms with van der Waals surface area (Å²) in [6.45, 7) is 1.25. The third kappa shape index (κ3) is 3.48. The number of methoxy groups -OCH3 is 2. The van der Waals surface area contributed by atoms with E-state index in [0.29, 0.717) is 28.9 Å². The lowest BCUT2D eigenvalue weighted by molar-refractivity contribution is -0.123. The molecule has 7 heteroatoms. The monoisotopic (exact) mass is 362 g/mol. The summed E-state index contributed by atoms with van der Waals surface area (Å²) in [5.41, 5.74) is 1.31.